The molecule has 1 aliphatic carbocycles. The van der Waals surface area contributed by atoms with Crippen LogP contribution in [0.25, 0.3) is 6.08 Å². The number of terminal acetylenes is 1. The summed E-state index contributed by atoms with van der Waals surface area (Å²) in [6, 6.07) is 8.64. The summed E-state index contributed by atoms with van der Waals surface area (Å²) in [5.74, 6) is 2.58. The molecule has 1 N–H and O–H groups in total. The third-order valence-electron chi connectivity index (χ3n) is 2.22. The molecule has 18 heavy (non-hydrogen) atoms. The van der Waals surface area contributed by atoms with Gasteiger partial charge in [0.25, 0.3) is 0 Å². The Kier molecular flexibility index (Phi) is 5.10. The molecule has 0 heterocycles. The summed E-state index contributed by atoms with van der Waals surface area (Å²) in [6.07, 6.45) is 10.1. The van der Waals surface area contributed by atoms with Crippen molar-refractivity contribution in [3.8, 4) is 12.3 Å². The van der Waals surface area contributed by atoms with Crippen LogP contribution in [-0.4, -0.2) is 25.8 Å². The quantitative estimate of drug-likeness (QED) is 0.642. The van der Waals surface area contributed by atoms with Gasteiger partial charge in [0, 0.05) is 6.26 Å². The van der Waals surface area contributed by atoms with Gasteiger partial charge in [-0.1, -0.05) is 42.3 Å². The van der Waals surface area contributed by atoms with E-state index < -0.39 is 10.1 Å². The van der Waals surface area contributed by atoms with E-state index in [4.69, 9.17) is 19.4 Å². The van der Waals surface area contributed by atoms with E-state index in [1.165, 1.54) is 11.1 Å². The molecule has 0 aromatic heterocycles. The molecule has 0 fully saturated rings. The van der Waals surface area contributed by atoms with Gasteiger partial charge in [-0.2, -0.15) is 0 Å². The lowest BCUT2D eigenvalue weighted by molar-refractivity contribution is 0.470. The number of fused-ring (bicyclic) bond motifs is 1. The summed E-state index contributed by atoms with van der Waals surface area (Å²) in [5, 5.41) is 3.26. The van der Waals surface area contributed by atoms with Gasteiger partial charge in [-0.3, -0.25) is 5.32 Å². The van der Waals surface area contributed by atoms with Gasteiger partial charge < -0.3 is 4.55 Å². The van der Waals surface area contributed by atoms with Gasteiger partial charge in [-0.15, -0.1) is 6.42 Å². The summed E-state index contributed by atoms with van der Waals surface area (Å²) in [6.45, 7) is 0.614. The number of rotatable bonds is 2. The van der Waals surface area contributed by atoms with Gasteiger partial charge in [-0.05, 0) is 11.1 Å². The molecule has 5 heteroatoms. The minimum absolute atomic E-state index is 0.298. The first-order valence-electron chi connectivity index (χ1n) is 5.26. The molecule has 96 valence electrons. The van der Waals surface area contributed by atoms with Crippen molar-refractivity contribution < 1.29 is 13.0 Å². The lowest BCUT2D eigenvalue weighted by Gasteiger charge is -2.10. The molecule has 0 saturated carbocycles. The lowest BCUT2D eigenvalue weighted by atomic mass is 10.1. The van der Waals surface area contributed by atoms with E-state index in [1.54, 1.807) is 0 Å². The van der Waals surface area contributed by atoms with Crippen molar-refractivity contribution in [2.75, 3.05) is 12.8 Å². The third kappa shape index (κ3) is 5.15. The summed E-state index contributed by atoms with van der Waals surface area (Å²) >= 11 is 0. The van der Waals surface area contributed by atoms with E-state index >= 15 is 0 Å². The zero-order chi connectivity index (χ0) is 13.6. The highest BCUT2D eigenvalue weighted by Crippen LogP contribution is 2.27. The van der Waals surface area contributed by atoms with Crippen LogP contribution >= 0.6 is 0 Å². The van der Waals surface area contributed by atoms with Crippen molar-refractivity contribution >= 4 is 16.2 Å². The average molecular weight is 264 g/mol. The first kappa shape index (κ1) is 14.5. The molecule has 1 aromatic carbocycles. The van der Waals surface area contributed by atoms with Gasteiger partial charge in [0.05, 0.1) is 22.7 Å². The van der Waals surface area contributed by atoms with Crippen LogP contribution in [0.2, 0.25) is 0 Å². The van der Waals surface area contributed by atoms with Gasteiger partial charge in [0.1, 0.15) is 0 Å². The summed E-state index contributed by atoms with van der Waals surface area (Å²) in [7, 11) is -3.92. The van der Waals surface area contributed by atoms with E-state index in [0.29, 0.717) is 18.8 Å². The minimum Gasteiger partial charge on any atom is -0.748 e. The van der Waals surface area contributed by atoms with Crippen LogP contribution in [0.15, 0.2) is 30.3 Å². The second-order valence-corrected chi connectivity index (χ2v) is 5.16. The highest BCUT2D eigenvalue weighted by Gasteiger charge is 2.14. The fraction of sp³-hybridized carbons (Fsp3) is 0.231. The fourth-order valence-corrected chi connectivity index (χ4v) is 1.60. The molecule has 0 bridgehead atoms. The van der Waals surface area contributed by atoms with Crippen LogP contribution in [0.1, 0.15) is 17.2 Å². The van der Waals surface area contributed by atoms with Crippen LogP contribution in [0.3, 0.4) is 0 Å². The van der Waals surface area contributed by atoms with E-state index in [9.17, 15) is 0 Å². The zero-order valence-electron chi connectivity index (χ0n) is 9.96. The number of hydrogen-bond donors (Lipinski definition) is 1. The van der Waals surface area contributed by atoms with Gasteiger partial charge in [0.2, 0.25) is 0 Å². The van der Waals surface area contributed by atoms with Gasteiger partial charge >= 0.3 is 0 Å². The predicted molar refractivity (Wildman–Crippen MR) is 70.7 cm³/mol. The van der Waals surface area contributed by atoms with Crippen LogP contribution in [0.5, 0.6) is 0 Å². The normalized spacial score (nSPS) is 16.4. The first-order chi connectivity index (χ1) is 8.42. The van der Waals surface area contributed by atoms with E-state index in [2.05, 4.69) is 41.6 Å². The second kappa shape index (κ2) is 6.36. The van der Waals surface area contributed by atoms with Crippen molar-refractivity contribution in [1.82, 2.24) is 5.32 Å². The molecule has 1 aliphatic rings. The highest BCUT2D eigenvalue weighted by atomic mass is 32.2. The molecule has 0 spiro atoms. The van der Waals surface area contributed by atoms with Crippen molar-refractivity contribution in [2.45, 2.75) is 6.04 Å². The van der Waals surface area contributed by atoms with Crippen molar-refractivity contribution in [2.24, 2.45) is 0 Å². The van der Waals surface area contributed by atoms with Crippen LogP contribution in [-0.2, 0) is 10.1 Å². The lowest BCUT2D eigenvalue weighted by Crippen LogP contribution is -2.18. The maximum absolute atomic E-state index is 9.08. The average Bonchev–Trinajstić information content (AvgIpc) is 2.67. The summed E-state index contributed by atoms with van der Waals surface area (Å²) in [4.78, 5) is 0. The molecule has 2 rings (SSSR count). The fourth-order valence-electron chi connectivity index (χ4n) is 1.60. The van der Waals surface area contributed by atoms with Crippen molar-refractivity contribution in [1.29, 1.82) is 0 Å². The Bertz CT molecular complexity index is 562. The van der Waals surface area contributed by atoms with E-state index in [-0.39, 0.29) is 0 Å². The standard InChI is InChI=1S/C12H11N.CH4O3S/c1-2-9-13-12-8-7-10-5-3-4-6-11(10)12;1-5(2,3)4/h1,3-8,12-13H,9H2;1H3,(H,2,3,4)/p-1. The Labute approximate surface area is 107 Å². The summed E-state index contributed by atoms with van der Waals surface area (Å²) < 4.78 is 27.2. The SMILES string of the molecule is C#CCNC1C=Cc2ccccc21.CS(=O)(=O)[O-]. The Morgan fingerprint density at radius 2 is 2.06 bits per heavy atom. The maximum Gasteiger partial charge on any atom is 0.0916 e. The monoisotopic (exact) mass is 264 g/mol. The Morgan fingerprint density at radius 3 is 2.67 bits per heavy atom. The van der Waals surface area contributed by atoms with Crippen LogP contribution in [0.4, 0.5) is 0 Å². The molecular formula is C13H14NO3S-. The zero-order valence-corrected chi connectivity index (χ0v) is 10.8. The van der Waals surface area contributed by atoms with Crippen LogP contribution in [0, 0.1) is 12.3 Å². The summed E-state index contributed by atoms with van der Waals surface area (Å²) in [5.41, 5.74) is 2.61. The molecule has 1 unspecified atom stereocenters. The largest absolute Gasteiger partial charge is 0.748 e. The Morgan fingerprint density at radius 1 is 1.44 bits per heavy atom. The molecule has 0 aliphatic heterocycles. The van der Waals surface area contributed by atoms with Crippen LogP contribution < -0.4 is 5.32 Å². The Hall–Kier alpha value is -1.61. The first-order valence-corrected chi connectivity index (χ1v) is 7.08. The van der Waals surface area contributed by atoms with Crippen molar-refractivity contribution in [3.05, 3.63) is 41.5 Å². The number of nitrogens with one attached hydrogen (secondary N) is 1. The second-order valence-electron chi connectivity index (χ2n) is 3.75. The smallest absolute Gasteiger partial charge is 0.0916 e. The molecule has 0 amide bonds. The number of hydrogen-bond acceptors (Lipinski definition) is 4. The molecule has 1 atom stereocenters. The maximum atomic E-state index is 9.08. The molecule has 1 aromatic rings. The van der Waals surface area contributed by atoms with Gasteiger partial charge in [0.15, 0.2) is 0 Å². The molecular weight excluding hydrogens is 250 g/mol. The predicted octanol–water partition coefficient (Wildman–Crippen LogP) is 1.14. The van der Waals surface area contributed by atoms with E-state index in [0.717, 1.165) is 0 Å². The minimum atomic E-state index is -3.92. The Balaban J connectivity index is 0.000000280. The van der Waals surface area contributed by atoms with E-state index in [1.807, 2.05) is 6.07 Å². The van der Waals surface area contributed by atoms with Crippen molar-refractivity contribution in [3.63, 3.8) is 0 Å². The topological polar surface area (TPSA) is 69.2 Å². The van der Waals surface area contributed by atoms with Gasteiger partial charge in [-0.25, -0.2) is 8.42 Å². The molecule has 4 nitrogen and oxygen atoms in total. The molecule has 0 saturated heterocycles. The number of benzene rings is 1. The molecule has 0 radical (unpaired) electrons. The highest BCUT2D eigenvalue weighted by molar-refractivity contribution is 7.84. The third-order valence-corrected chi connectivity index (χ3v) is 2.22.